The fourth-order valence-electron chi connectivity index (χ4n) is 4.12. The van der Waals surface area contributed by atoms with E-state index in [0.29, 0.717) is 23.4 Å². The summed E-state index contributed by atoms with van der Waals surface area (Å²) in [5.74, 6) is -1.07. The van der Waals surface area contributed by atoms with Crippen LogP contribution >= 0.6 is 0 Å². The third kappa shape index (κ3) is 3.06. The molecule has 1 fully saturated rings. The van der Waals surface area contributed by atoms with Crippen LogP contribution in [-0.4, -0.2) is 37.0 Å². The Labute approximate surface area is 173 Å². The van der Waals surface area contributed by atoms with Crippen molar-refractivity contribution >= 4 is 34.2 Å². The second-order valence-corrected chi connectivity index (χ2v) is 7.55. The number of nitrogens with one attached hydrogen (secondary N) is 1. The van der Waals surface area contributed by atoms with Gasteiger partial charge in [-0.25, -0.2) is 4.90 Å². The molecule has 0 bridgehead atoms. The summed E-state index contributed by atoms with van der Waals surface area (Å²) in [5.41, 5.74) is 1.46. The van der Waals surface area contributed by atoms with Crippen molar-refractivity contribution in [2.75, 3.05) is 18.1 Å². The second kappa shape index (κ2) is 7.39. The minimum Gasteiger partial charge on any atom is -0.376 e. The van der Waals surface area contributed by atoms with Crippen molar-refractivity contribution in [3.63, 3.8) is 0 Å². The first-order valence-corrected chi connectivity index (χ1v) is 10.0. The highest BCUT2D eigenvalue weighted by atomic mass is 16.5. The van der Waals surface area contributed by atoms with Crippen molar-refractivity contribution in [3.8, 4) is 0 Å². The van der Waals surface area contributed by atoms with Crippen LogP contribution in [0.3, 0.4) is 0 Å². The molecule has 1 unspecified atom stereocenters. The van der Waals surface area contributed by atoms with E-state index in [2.05, 4.69) is 5.32 Å². The zero-order valence-corrected chi connectivity index (χ0v) is 16.3. The number of carbonyl (C=O) groups excluding carboxylic acids is 3. The average molecular weight is 400 g/mol. The van der Waals surface area contributed by atoms with Gasteiger partial charge in [-0.1, -0.05) is 36.4 Å². The zero-order chi connectivity index (χ0) is 20.7. The predicted octanol–water partition coefficient (Wildman–Crippen LogP) is 3.55. The molecule has 3 aromatic rings. The van der Waals surface area contributed by atoms with Crippen LogP contribution in [0, 0.1) is 0 Å². The topological polar surface area (TPSA) is 75.7 Å². The summed E-state index contributed by atoms with van der Waals surface area (Å²) < 4.78 is 5.52. The lowest BCUT2D eigenvalue weighted by Crippen LogP contribution is -2.31. The van der Waals surface area contributed by atoms with E-state index in [4.69, 9.17) is 4.74 Å². The molecular weight excluding hydrogens is 380 g/mol. The molecule has 150 valence electrons. The molecule has 3 amide bonds. The fourth-order valence-corrected chi connectivity index (χ4v) is 4.12. The van der Waals surface area contributed by atoms with Crippen LogP contribution in [0.2, 0.25) is 0 Å². The summed E-state index contributed by atoms with van der Waals surface area (Å²) in [4.78, 5) is 39.9. The largest absolute Gasteiger partial charge is 0.376 e. The van der Waals surface area contributed by atoms with Gasteiger partial charge in [-0.2, -0.15) is 0 Å². The van der Waals surface area contributed by atoms with Crippen LogP contribution < -0.4 is 10.2 Å². The number of rotatable bonds is 4. The SMILES string of the molecule is O=C(NCC1CCCO1)c1ccc2c(c1)C(=O)N(c1cccc3ccccc13)C2=O. The van der Waals surface area contributed by atoms with Gasteiger partial charge in [0.1, 0.15) is 0 Å². The van der Waals surface area contributed by atoms with E-state index in [-0.39, 0.29) is 23.5 Å². The first kappa shape index (κ1) is 18.5. The average Bonchev–Trinajstić information content (AvgIpc) is 3.38. The minimum atomic E-state index is -0.417. The molecule has 1 N–H and O–H groups in total. The monoisotopic (exact) mass is 400 g/mol. The van der Waals surface area contributed by atoms with Gasteiger partial charge in [-0.3, -0.25) is 14.4 Å². The Morgan fingerprint density at radius 3 is 2.63 bits per heavy atom. The number of hydrogen-bond acceptors (Lipinski definition) is 4. The molecule has 3 aromatic carbocycles. The molecule has 5 rings (SSSR count). The van der Waals surface area contributed by atoms with Gasteiger partial charge in [0.25, 0.3) is 17.7 Å². The number of benzene rings is 3. The summed E-state index contributed by atoms with van der Waals surface area (Å²) in [7, 11) is 0. The molecular formula is C24H20N2O4. The number of hydrogen-bond donors (Lipinski definition) is 1. The molecule has 0 radical (unpaired) electrons. The van der Waals surface area contributed by atoms with Crippen LogP contribution in [0.5, 0.6) is 0 Å². The van der Waals surface area contributed by atoms with Gasteiger partial charge in [0, 0.05) is 24.1 Å². The summed E-state index contributed by atoms with van der Waals surface area (Å²) in [5, 5.41) is 4.62. The van der Waals surface area contributed by atoms with E-state index in [0.717, 1.165) is 30.2 Å². The molecule has 6 nitrogen and oxygen atoms in total. The van der Waals surface area contributed by atoms with Gasteiger partial charge in [0.2, 0.25) is 0 Å². The summed E-state index contributed by atoms with van der Waals surface area (Å²) in [6.07, 6.45) is 1.96. The molecule has 0 aromatic heterocycles. The Morgan fingerprint density at radius 2 is 1.80 bits per heavy atom. The van der Waals surface area contributed by atoms with Gasteiger partial charge in [0.15, 0.2) is 0 Å². The highest BCUT2D eigenvalue weighted by Gasteiger charge is 2.37. The lowest BCUT2D eigenvalue weighted by Gasteiger charge is -2.16. The van der Waals surface area contributed by atoms with Crippen LogP contribution in [0.1, 0.15) is 43.9 Å². The lowest BCUT2D eigenvalue weighted by molar-refractivity contribution is 0.0857. The molecule has 2 heterocycles. The zero-order valence-electron chi connectivity index (χ0n) is 16.3. The number of nitrogens with zero attached hydrogens (tertiary/aromatic N) is 1. The maximum Gasteiger partial charge on any atom is 0.266 e. The molecule has 2 aliphatic rings. The van der Waals surface area contributed by atoms with Crippen LogP contribution in [0.4, 0.5) is 5.69 Å². The number of anilines is 1. The van der Waals surface area contributed by atoms with E-state index in [9.17, 15) is 14.4 Å². The Morgan fingerprint density at radius 1 is 1.00 bits per heavy atom. The predicted molar refractivity (Wildman–Crippen MR) is 113 cm³/mol. The van der Waals surface area contributed by atoms with Crippen LogP contribution in [0.25, 0.3) is 10.8 Å². The maximum absolute atomic E-state index is 13.1. The van der Waals surface area contributed by atoms with E-state index in [1.54, 1.807) is 18.2 Å². The summed E-state index contributed by atoms with van der Waals surface area (Å²) in [6, 6.07) is 17.8. The number of carbonyl (C=O) groups is 3. The molecule has 0 saturated carbocycles. The molecule has 1 saturated heterocycles. The number of imide groups is 1. The van der Waals surface area contributed by atoms with E-state index >= 15 is 0 Å². The normalized spacial score (nSPS) is 18.1. The Kier molecular flexibility index (Phi) is 4.56. The third-order valence-electron chi connectivity index (χ3n) is 5.67. The first-order valence-electron chi connectivity index (χ1n) is 10.0. The lowest BCUT2D eigenvalue weighted by atomic mass is 10.1. The van der Waals surface area contributed by atoms with Gasteiger partial charge >= 0.3 is 0 Å². The van der Waals surface area contributed by atoms with Crippen LogP contribution in [-0.2, 0) is 4.74 Å². The summed E-state index contributed by atoms with van der Waals surface area (Å²) in [6.45, 7) is 1.16. The number of ether oxygens (including phenoxy) is 1. The molecule has 1 atom stereocenters. The standard InChI is InChI=1S/C24H20N2O4/c27-22(25-14-17-7-4-12-30-17)16-10-11-19-20(13-16)24(29)26(23(19)28)21-9-3-6-15-5-1-2-8-18(15)21/h1-3,5-6,8-11,13,17H,4,7,12,14H2,(H,25,27). The van der Waals surface area contributed by atoms with E-state index in [1.807, 2.05) is 36.4 Å². The van der Waals surface area contributed by atoms with Crippen molar-refractivity contribution < 1.29 is 19.1 Å². The van der Waals surface area contributed by atoms with Crippen molar-refractivity contribution in [3.05, 3.63) is 77.4 Å². The Bertz CT molecular complexity index is 1180. The van der Waals surface area contributed by atoms with E-state index < -0.39 is 5.91 Å². The first-order chi connectivity index (χ1) is 14.6. The Hall–Kier alpha value is -3.51. The second-order valence-electron chi connectivity index (χ2n) is 7.55. The van der Waals surface area contributed by atoms with Crippen molar-refractivity contribution in [2.45, 2.75) is 18.9 Å². The van der Waals surface area contributed by atoms with Crippen molar-refractivity contribution in [1.82, 2.24) is 5.32 Å². The van der Waals surface area contributed by atoms with E-state index in [1.165, 1.54) is 11.0 Å². The van der Waals surface area contributed by atoms with Crippen LogP contribution in [0.15, 0.2) is 60.7 Å². The van der Waals surface area contributed by atoms with Gasteiger partial charge in [-0.05, 0) is 42.5 Å². The maximum atomic E-state index is 13.1. The summed E-state index contributed by atoms with van der Waals surface area (Å²) >= 11 is 0. The van der Waals surface area contributed by atoms with Gasteiger partial charge in [-0.15, -0.1) is 0 Å². The molecule has 30 heavy (non-hydrogen) atoms. The third-order valence-corrected chi connectivity index (χ3v) is 5.67. The highest BCUT2D eigenvalue weighted by molar-refractivity contribution is 6.36. The fraction of sp³-hybridized carbons (Fsp3) is 0.208. The smallest absolute Gasteiger partial charge is 0.266 e. The molecule has 2 aliphatic heterocycles. The highest BCUT2D eigenvalue weighted by Crippen LogP contribution is 2.33. The molecule has 6 heteroatoms. The van der Waals surface area contributed by atoms with Crippen molar-refractivity contribution in [2.24, 2.45) is 0 Å². The number of amides is 3. The molecule has 0 aliphatic carbocycles. The van der Waals surface area contributed by atoms with Crippen molar-refractivity contribution in [1.29, 1.82) is 0 Å². The molecule has 0 spiro atoms. The quantitative estimate of drug-likeness (QED) is 0.680. The minimum absolute atomic E-state index is 0.0356. The Balaban J connectivity index is 1.44. The van der Waals surface area contributed by atoms with Gasteiger partial charge < -0.3 is 10.1 Å². The van der Waals surface area contributed by atoms with Gasteiger partial charge in [0.05, 0.1) is 22.9 Å². The number of fused-ring (bicyclic) bond motifs is 2.